The van der Waals surface area contributed by atoms with E-state index in [0.717, 1.165) is 12.8 Å². The lowest BCUT2D eigenvalue weighted by Crippen LogP contribution is -2.14. The Hall–Kier alpha value is -0.120. The van der Waals surface area contributed by atoms with Gasteiger partial charge < -0.3 is 14.2 Å². The Morgan fingerprint density at radius 2 is 2.09 bits per heavy atom. The molecule has 2 heterocycles. The molecule has 1 aliphatic carbocycles. The first-order valence-corrected chi connectivity index (χ1v) is 4.22. The minimum atomic E-state index is 0.0372. The van der Waals surface area contributed by atoms with Gasteiger partial charge in [-0.2, -0.15) is 0 Å². The summed E-state index contributed by atoms with van der Waals surface area (Å²) < 4.78 is 16.2. The predicted molar refractivity (Wildman–Crippen MR) is 37.1 cm³/mol. The van der Waals surface area contributed by atoms with E-state index in [2.05, 4.69) is 0 Å². The third kappa shape index (κ3) is 0.789. The summed E-state index contributed by atoms with van der Waals surface area (Å²) in [5.41, 5.74) is 0. The van der Waals surface area contributed by atoms with Gasteiger partial charge in [-0.15, -0.1) is 0 Å². The fraction of sp³-hybridized carbons (Fsp3) is 1.00. The molecule has 5 atom stereocenters. The van der Waals surface area contributed by atoms with Crippen LogP contribution >= 0.6 is 0 Å². The van der Waals surface area contributed by atoms with Crippen molar-refractivity contribution in [2.24, 2.45) is 5.92 Å². The highest BCUT2D eigenvalue weighted by Gasteiger charge is 2.59. The number of hydrogen-bond acceptors (Lipinski definition) is 3. The van der Waals surface area contributed by atoms with Crippen molar-refractivity contribution < 1.29 is 14.2 Å². The summed E-state index contributed by atoms with van der Waals surface area (Å²) in [6.45, 7) is 0. The molecule has 0 aromatic carbocycles. The normalized spacial score (nSPS) is 59.2. The Bertz CT molecular complexity index is 182. The molecular formula is C8H12O3. The van der Waals surface area contributed by atoms with E-state index in [1.807, 2.05) is 0 Å². The summed E-state index contributed by atoms with van der Waals surface area (Å²) in [5, 5.41) is 0. The van der Waals surface area contributed by atoms with E-state index >= 15 is 0 Å². The third-order valence-electron chi connectivity index (χ3n) is 3.04. The van der Waals surface area contributed by atoms with Crippen LogP contribution in [0.15, 0.2) is 0 Å². The SMILES string of the molecule is CO[C@H]1CC2[C@H](C[C@H]3O[C@@H]23)O1. The number of epoxide rings is 1. The van der Waals surface area contributed by atoms with Gasteiger partial charge in [0.05, 0.1) is 18.3 Å². The van der Waals surface area contributed by atoms with Crippen LogP contribution in [0.25, 0.3) is 0 Å². The van der Waals surface area contributed by atoms with Crippen molar-refractivity contribution in [1.29, 1.82) is 0 Å². The number of fused-ring (bicyclic) bond motifs is 3. The van der Waals surface area contributed by atoms with Crippen LogP contribution in [0.5, 0.6) is 0 Å². The van der Waals surface area contributed by atoms with E-state index in [-0.39, 0.29) is 6.29 Å². The molecule has 11 heavy (non-hydrogen) atoms. The van der Waals surface area contributed by atoms with Crippen LogP contribution < -0.4 is 0 Å². The van der Waals surface area contributed by atoms with Crippen LogP contribution in [0.4, 0.5) is 0 Å². The highest BCUT2D eigenvalue weighted by Crippen LogP contribution is 2.50. The Kier molecular flexibility index (Phi) is 1.15. The molecule has 3 rings (SSSR count). The van der Waals surface area contributed by atoms with E-state index in [9.17, 15) is 0 Å². The van der Waals surface area contributed by atoms with Crippen LogP contribution in [-0.4, -0.2) is 31.7 Å². The molecule has 0 N–H and O–H groups in total. The van der Waals surface area contributed by atoms with E-state index in [1.54, 1.807) is 7.11 Å². The number of ether oxygens (including phenoxy) is 3. The van der Waals surface area contributed by atoms with Gasteiger partial charge >= 0.3 is 0 Å². The Labute approximate surface area is 65.6 Å². The van der Waals surface area contributed by atoms with E-state index in [4.69, 9.17) is 14.2 Å². The van der Waals surface area contributed by atoms with Crippen molar-refractivity contribution in [1.82, 2.24) is 0 Å². The summed E-state index contributed by atoms with van der Waals surface area (Å²) in [4.78, 5) is 0. The molecule has 1 saturated carbocycles. The van der Waals surface area contributed by atoms with Crippen LogP contribution in [0, 0.1) is 5.92 Å². The zero-order chi connectivity index (χ0) is 7.42. The highest BCUT2D eigenvalue weighted by molar-refractivity contribution is 5.05. The second-order valence-corrected chi connectivity index (χ2v) is 3.61. The molecule has 0 aromatic rings. The second kappa shape index (κ2) is 1.97. The highest BCUT2D eigenvalue weighted by atomic mass is 16.7. The average Bonchev–Trinajstić information content (AvgIpc) is 2.55. The lowest BCUT2D eigenvalue weighted by molar-refractivity contribution is -0.117. The Balaban J connectivity index is 1.73. The minimum Gasteiger partial charge on any atom is -0.369 e. The van der Waals surface area contributed by atoms with Crippen molar-refractivity contribution in [3.05, 3.63) is 0 Å². The fourth-order valence-electron chi connectivity index (χ4n) is 2.40. The average molecular weight is 156 g/mol. The van der Waals surface area contributed by atoms with Gasteiger partial charge in [-0.05, 0) is 0 Å². The molecule has 0 bridgehead atoms. The van der Waals surface area contributed by atoms with E-state index in [1.165, 1.54) is 0 Å². The van der Waals surface area contributed by atoms with Crippen LogP contribution in [0.2, 0.25) is 0 Å². The monoisotopic (exact) mass is 156 g/mol. The van der Waals surface area contributed by atoms with Gasteiger partial charge in [0.15, 0.2) is 6.29 Å². The maximum Gasteiger partial charge on any atom is 0.158 e. The molecule has 3 fully saturated rings. The standard InChI is InChI=1S/C8H12O3/c1-9-7-2-4-5(10-7)3-6-8(4)11-6/h4-8H,2-3H2,1H3/t4?,5-,6+,7+,8-/m0/s1. The molecule has 2 aliphatic heterocycles. The number of hydrogen-bond donors (Lipinski definition) is 0. The van der Waals surface area contributed by atoms with Crippen LogP contribution in [0.1, 0.15) is 12.8 Å². The van der Waals surface area contributed by atoms with Crippen LogP contribution in [-0.2, 0) is 14.2 Å². The molecule has 62 valence electrons. The molecule has 0 aromatic heterocycles. The second-order valence-electron chi connectivity index (χ2n) is 3.61. The van der Waals surface area contributed by atoms with Gasteiger partial charge in [0, 0.05) is 25.9 Å². The Morgan fingerprint density at radius 3 is 2.82 bits per heavy atom. The number of methoxy groups -OCH3 is 1. The number of rotatable bonds is 1. The quantitative estimate of drug-likeness (QED) is 0.519. The van der Waals surface area contributed by atoms with Gasteiger partial charge in [0.1, 0.15) is 0 Å². The summed E-state index contributed by atoms with van der Waals surface area (Å²) in [5.74, 6) is 0.630. The first kappa shape index (κ1) is 6.40. The molecule has 0 radical (unpaired) electrons. The smallest absolute Gasteiger partial charge is 0.158 e. The van der Waals surface area contributed by atoms with Gasteiger partial charge in [-0.1, -0.05) is 0 Å². The Morgan fingerprint density at radius 1 is 1.18 bits per heavy atom. The van der Waals surface area contributed by atoms with Crippen molar-refractivity contribution in [2.75, 3.05) is 7.11 Å². The fourth-order valence-corrected chi connectivity index (χ4v) is 2.40. The minimum absolute atomic E-state index is 0.0372. The largest absolute Gasteiger partial charge is 0.369 e. The summed E-state index contributed by atoms with van der Waals surface area (Å²) in [7, 11) is 1.71. The van der Waals surface area contributed by atoms with E-state index in [0.29, 0.717) is 24.2 Å². The van der Waals surface area contributed by atoms with Crippen molar-refractivity contribution in [3.63, 3.8) is 0 Å². The van der Waals surface area contributed by atoms with Gasteiger partial charge in [0.25, 0.3) is 0 Å². The topological polar surface area (TPSA) is 31.0 Å². The zero-order valence-corrected chi connectivity index (χ0v) is 6.53. The molecule has 3 nitrogen and oxygen atoms in total. The van der Waals surface area contributed by atoms with Crippen LogP contribution in [0.3, 0.4) is 0 Å². The van der Waals surface area contributed by atoms with Crippen molar-refractivity contribution in [2.45, 2.75) is 37.4 Å². The summed E-state index contributed by atoms with van der Waals surface area (Å²) >= 11 is 0. The zero-order valence-electron chi connectivity index (χ0n) is 6.53. The molecule has 2 saturated heterocycles. The van der Waals surface area contributed by atoms with Gasteiger partial charge in [0.2, 0.25) is 0 Å². The predicted octanol–water partition coefficient (Wildman–Crippen LogP) is 0.535. The first-order chi connectivity index (χ1) is 5.38. The molecule has 3 aliphatic rings. The molecule has 1 unspecified atom stereocenters. The lowest BCUT2D eigenvalue weighted by atomic mass is 10.0. The van der Waals surface area contributed by atoms with Crippen molar-refractivity contribution in [3.8, 4) is 0 Å². The summed E-state index contributed by atoms with van der Waals surface area (Å²) in [6, 6.07) is 0. The van der Waals surface area contributed by atoms with Gasteiger partial charge in [-0.3, -0.25) is 0 Å². The maximum atomic E-state index is 5.63. The maximum absolute atomic E-state index is 5.63. The molecular weight excluding hydrogens is 144 g/mol. The molecule has 0 spiro atoms. The molecule has 0 amide bonds. The third-order valence-corrected chi connectivity index (χ3v) is 3.04. The first-order valence-electron chi connectivity index (χ1n) is 4.22. The van der Waals surface area contributed by atoms with Gasteiger partial charge in [-0.25, -0.2) is 0 Å². The lowest BCUT2D eigenvalue weighted by Gasteiger charge is -2.10. The van der Waals surface area contributed by atoms with Crippen molar-refractivity contribution >= 4 is 0 Å². The summed E-state index contributed by atoms with van der Waals surface area (Å²) in [6.07, 6.45) is 3.64. The van der Waals surface area contributed by atoms with E-state index < -0.39 is 0 Å². The molecule has 3 heteroatoms.